The van der Waals surface area contributed by atoms with Crippen molar-refractivity contribution in [3.8, 4) is 11.4 Å². The van der Waals surface area contributed by atoms with Crippen LogP contribution in [0.15, 0.2) is 24.3 Å². The van der Waals surface area contributed by atoms with Gasteiger partial charge in [-0.15, -0.1) is 0 Å². The largest absolute Gasteiger partial charge is 0.416 e. The van der Waals surface area contributed by atoms with E-state index in [1.165, 1.54) is 6.07 Å². The maximum absolute atomic E-state index is 12.8. The number of H-pyrrole nitrogens is 1. The number of aromatic amines is 1. The first kappa shape index (κ1) is 16.0. The fraction of sp³-hybridized carbons (Fsp3) is 0.438. The summed E-state index contributed by atoms with van der Waals surface area (Å²) in [7, 11) is 0. The number of aryl methyl sites for hydroxylation is 1. The lowest BCUT2D eigenvalue weighted by molar-refractivity contribution is -0.137. The number of nitrogens with zero attached hydrogens (tertiary/aromatic N) is 2. The summed E-state index contributed by atoms with van der Waals surface area (Å²) in [5.41, 5.74) is 1.58. The van der Waals surface area contributed by atoms with Gasteiger partial charge in [-0.1, -0.05) is 12.1 Å². The van der Waals surface area contributed by atoms with E-state index >= 15 is 0 Å². The summed E-state index contributed by atoms with van der Waals surface area (Å²) in [5, 5.41) is 3.29. The van der Waals surface area contributed by atoms with Gasteiger partial charge in [0.1, 0.15) is 5.82 Å². The molecule has 23 heavy (non-hydrogen) atoms. The van der Waals surface area contributed by atoms with Crippen molar-refractivity contribution in [2.24, 2.45) is 0 Å². The van der Waals surface area contributed by atoms with E-state index in [0.29, 0.717) is 17.9 Å². The Morgan fingerprint density at radius 3 is 2.65 bits per heavy atom. The molecule has 1 aromatic carbocycles. The third-order valence-corrected chi connectivity index (χ3v) is 4.03. The normalized spacial score (nSPS) is 16.7. The van der Waals surface area contributed by atoms with Crippen LogP contribution in [0.2, 0.25) is 0 Å². The van der Waals surface area contributed by atoms with E-state index in [2.05, 4.69) is 20.2 Å². The zero-order valence-electron chi connectivity index (χ0n) is 12.9. The van der Waals surface area contributed by atoms with Crippen LogP contribution >= 0.6 is 0 Å². The summed E-state index contributed by atoms with van der Waals surface area (Å²) < 4.78 is 38.5. The minimum atomic E-state index is -4.35. The number of alkyl halides is 3. The Morgan fingerprint density at radius 1 is 1.22 bits per heavy atom. The predicted octanol–water partition coefficient (Wildman–Crippen LogP) is 2.81. The first-order valence-corrected chi connectivity index (χ1v) is 7.59. The molecule has 1 aliphatic rings. The Labute approximate surface area is 132 Å². The number of hydrogen-bond acceptors (Lipinski definition) is 3. The van der Waals surface area contributed by atoms with E-state index in [1.54, 1.807) is 6.07 Å². The van der Waals surface area contributed by atoms with Crippen LogP contribution < -0.4 is 5.32 Å². The molecule has 1 aliphatic heterocycles. The average Bonchev–Trinajstić information content (AvgIpc) is 2.89. The van der Waals surface area contributed by atoms with Crippen LogP contribution in [0.5, 0.6) is 0 Å². The molecule has 0 radical (unpaired) electrons. The van der Waals surface area contributed by atoms with E-state index in [9.17, 15) is 13.2 Å². The van der Waals surface area contributed by atoms with E-state index in [0.717, 1.165) is 49.7 Å². The topological polar surface area (TPSA) is 44.0 Å². The fourth-order valence-electron chi connectivity index (χ4n) is 2.71. The van der Waals surface area contributed by atoms with Gasteiger partial charge in [-0.3, -0.25) is 4.90 Å². The summed E-state index contributed by atoms with van der Waals surface area (Å²) in [5.74, 6) is 0.485. The average molecular weight is 324 g/mol. The Hall–Kier alpha value is -1.86. The lowest BCUT2D eigenvalue weighted by Crippen LogP contribution is -2.43. The summed E-state index contributed by atoms with van der Waals surface area (Å²) in [6.07, 6.45) is -4.35. The molecule has 1 aromatic heterocycles. The van der Waals surface area contributed by atoms with E-state index in [-0.39, 0.29) is 0 Å². The lowest BCUT2D eigenvalue weighted by Gasteiger charge is -2.26. The third-order valence-electron chi connectivity index (χ3n) is 4.03. The van der Waals surface area contributed by atoms with Crippen molar-refractivity contribution in [2.75, 3.05) is 26.2 Å². The third kappa shape index (κ3) is 3.73. The lowest BCUT2D eigenvalue weighted by atomic mass is 10.1. The Morgan fingerprint density at radius 2 is 1.96 bits per heavy atom. The maximum atomic E-state index is 12.8. The predicted molar refractivity (Wildman–Crippen MR) is 81.9 cm³/mol. The van der Waals surface area contributed by atoms with Gasteiger partial charge < -0.3 is 10.3 Å². The van der Waals surface area contributed by atoms with Crippen molar-refractivity contribution < 1.29 is 13.2 Å². The van der Waals surface area contributed by atoms with Crippen LogP contribution in [0.4, 0.5) is 13.2 Å². The van der Waals surface area contributed by atoms with E-state index in [1.807, 2.05) is 6.92 Å². The quantitative estimate of drug-likeness (QED) is 0.912. The number of hydrogen-bond donors (Lipinski definition) is 2. The summed E-state index contributed by atoms with van der Waals surface area (Å²) >= 11 is 0. The molecule has 2 N–H and O–H groups in total. The molecule has 0 amide bonds. The minimum absolute atomic E-state index is 0.453. The highest BCUT2D eigenvalue weighted by molar-refractivity contribution is 5.57. The molecule has 4 nitrogen and oxygen atoms in total. The fourth-order valence-corrected chi connectivity index (χ4v) is 2.71. The van der Waals surface area contributed by atoms with Crippen LogP contribution in [0, 0.1) is 6.92 Å². The molecule has 0 atom stereocenters. The molecule has 7 heteroatoms. The second kappa shape index (κ2) is 6.33. The van der Waals surface area contributed by atoms with Gasteiger partial charge in [-0.25, -0.2) is 4.98 Å². The van der Waals surface area contributed by atoms with Gasteiger partial charge in [-0.05, 0) is 19.1 Å². The van der Waals surface area contributed by atoms with Crippen molar-refractivity contribution >= 4 is 0 Å². The number of aromatic nitrogens is 2. The molecule has 124 valence electrons. The molecular weight excluding hydrogens is 305 g/mol. The summed E-state index contributed by atoms with van der Waals surface area (Å²) in [6, 6.07) is 5.25. The molecular formula is C16H19F3N4. The SMILES string of the molecule is Cc1[nH]c(-c2cccc(C(F)(F)F)c2)nc1CN1CCNCC1. The van der Waals surface area contributed by atoms with Crippen molar-refractivity contribution in [2.45, 2.75) is 19.6 Å². The Kier molecular flexibility index (Phi) is 4.41. The Bertz CT molecular complexity index is 672. The van der Waals surface area contributed by atoms with Gasteiger partial charge in [0.2, 0.25) is 0 Å². The molecule has 0 unspecified atom stereocenters. The number of halogens is 3. The van der Waals surface area contributed by atoms with Gasteiger partial charge in [0.25, 0.3) is 0 Å². The monoisotopic (exact) mass is 324 g/mol. The number of rotatable bonds is 3. The number of nitrogens with one attached hydrogen (secondary N) is 2. The van der Waals surface area contributed by atoms with Gasteiger partial charge in [-0.2, -0.15) is 13.2 Å². The van der Waals surface area contributed by atoms with Crippen LogP contribution in [0.1, 0.15) is 17.0 Å². The molecule has 3 rings (SSSR count). The molecule has 2 heterocycles. The zero-order valence-corrected chi connectivity index (χ0v) is 12.9. The van der Waals surface area contributed by atoms with Gasteiger partial charge in [0.05, 0.1) is 11.3 Å². The number of benzene rings is 1. The molecule has 0 spiro atoms. The van der Waals surface area contributed by atoms with Crippen molar-refractivity contribution in [1.29, 1.82) is 0 Å². The van der Waals surface area contributed by atoms with E-state index in [4.69, 9.17) is 0 Å². The molecule has 0 bridgehead atoms. The minimum Gasteiger partial charge on any atom is -0.342 e. The highest BCUT2D eigenvalue weighted by atomic mass is 19.4. The second-order valence-electron chi connectivity index (χ2n) is 5.76. The molecule has 1 fully saturated rings. The van der Waals surface area contributed by atoms with E-state index < -0.39 is 11.7 Å². The van der Waals surface area contributed by atoms with Crippen molar-refractivity contribution in [1.82, 2.24) is 20.2 Å². The zero-order chi connectivity index (χ0) is 16.4. The highest BCUT2D eigenvalue weighted by Gasteiger charge is 2.30. The number of imidazole rings is 1. The van der Waals surface area contributed by atoms with Crippen LogP contribution in [0.3, 0.4) is 0 Å². The van der Waals surface area contributed by atoms with Gasteiger partial charge >= 0.3 is 6.18 Å². The number of piperazine rings is 1. The molecule has 2 aromatic rings. The Balaban J connectivity index is 1.82. The maximum Gasteiger partial charge on any atom is 0.416 e. The van der Waals surface area contributed by atoms with Gasteiger partial charge in [0, 0.05) is 44.0 Å². The molecule has 0 saturated carbocycles. The van der Waals surface area contributed by atoms with Gasteiger partial charge in [0.15, 0.2) is 0 Å². The van der Waals surface area contributed by atoms with Crippen molar-refractivity contribution in [3.05, 3.63) is 41.2 Å². The summed E-state index contributed by atoms with van der Waals surface area (Å²) in [6.45, 7) is 6.41. The first-order valence-electron chi connectivity index (χ1n) is 7.59. The smallest absolute Gasteiger partial charge is 0.342 e. The van der Waals surface area contributed by atoms with Crippen LogP contribution in [-0.4, -0.2) is 41.0 Å². The van der Waals surface area contributed by atoms with Crippen LogP contribution in [0.25, 0.3) is 11.4 Å². The van der Waals surface area contributed by atoms with Crippen LogP contribution in [-0.2, 0) is 12.7 Å². The molecule has 0 aliphatic carbocycles. The first-order chi connectivity index (χ1) is 10.9. The van der Waals surface area contributed by atoms with Crippen molar-refractivity contribution in [3.63, 3.8) is 0 Å². The summed E-state index contributed by atoms with van der Waals surface area (Å²) in [4.78, 5) is 9.91. The second-order valence-corrected chi connectivity index (χ2v) is 5.76. The molecule has 1 saturated heterocycles. The standard InChI is InChI=1S/C16H19F3N4/c1-11-14(10-23-7-5-20-6-8-23)22-15(21-11)12-3-2-4-13(9-12)16(17,18)19/h2-4,9,20H,5-8,10H2,1H3,(H,21,22). The highest BCUT2D eigenvalue weighted by Crippen LogP contribution is 2.31.